The van der Waals surface area contributed by atoms with Gasteiger partial charge >= 0.3 is 5.97 Å². The molecule has 72 valence electrons. The fourth-order valence-electron chi connectivity index (χ4n) is 0.890. The van der Waals surface area contributed by atoms with E-state index in [9.17, 15) is 4.79 Å². The second kappa shape index (κ2) is 4.94. The lowest BCUT2D eigenvalue weighted by atomic mass is 10.4. The molecule has 1 heterocycles. The van der Waals surface area contributed by atoms with E-state index in [0.717, 1.165) is 17.1 Å². The van der Waals surface area contributed by atoms with Crippen molar-refractivity contribution < 1.29 is 9.90 Å². The molecule has 0 aliphatic rings. The predicted molar refractivity (Wildman–Crippen MR) is 50.8 cm³/mol. The number of hydrogen-bond acceptors (Lipinski definition) is 4. The Balaban J connectivity index is 2.32. The molecule has 0 unspecified atom stereocenters. The second-order valence-electron chi connectivity index (χ2n) is 2.58. The SMILES string of the molecule is CCc1nc(CNCC(=O)O)cs1. The number of aryl methyl sites for hydroxylation is 1. The van der Waals surface area contributed by atoms with Crippen LogP contribution in [0.5, 0.6) is 0 Å². The fraction of sp³-hybridized carbons (Fsp3) is 0.500. The van der Waals surface area contributed by atoms with Gasteiger partial charge in [0.2, 0.25) is 0 Å². The first kappa shape index (κ1) is 10.1. The maximum Gasteiger partial charge on any atom is 0.317 e. The second-order valence-corrected chi connectivity index (χ2v) is 3.53. The number of aromatic nitrogens is 1. The van der Waals surface area contributed by atoms with E-state index in [1.165, 1.54) is 0 Å². The molecular weight excluding hydrogens is 188 g/mol. The topological polar surface area (TPSA) is 62.2 Å². The van der Waals surface area contributed by atoms with Crippen molar-refractivity contribution in [3.8, 4) is 0 Å². The lowest BCUT2D eigenvalue weighted by molar-refractivity contribution is -0.135. The molecule has 4 nitrogen and oxygen atoms in total. The van der Waals surface area contributed by atoms with Gasteiger partial charge in [0.15, 0.2) is 0 Å². The Bertz CT molecular complexity index is 285. The molecule has 0 saturated carbocycles. The van der Waals surface area contributed by atoms with Crippen LogP contribution in [-0.4, -0.2) is 22.6 Å². The fourth-order valence-corrected chi connectivity index (χ4v) is 1.63. The normalized spacial score (nSPS) is 10.2. The molecule has 0 aliphatic carbocycles. The van der Waals surface area contributed by atoms with Gasteiger partial charge in [-0.1, -0.05) is 6.92 Å². The molecule has 0 radical (unpaired) electrons. The number of carboxylic acids is 1. The molecule has 0 saturated heterocycles. The van der Waals surface area contributed by atoms with Gasteiger partial charge in [-0.15, -0.1) is 11.3 Å². The van der Waals surface area contributed by atoms with Crippen LogP contribution >= 0.6 is 11.3 Å². The van der Waals surface area contributed by atoms with Gasteiger partial charge < -0.3 is 10.4 Å². The van der Waals surface area contributed by atoms with E-state index in [-0.39, 0.29) is 6.54 Å². The highest BCUT2D eigenvalue weighted by Crippen LogP contribution is 2.09. The number of thiazole rings is 1. The Hall–Kier alpha value is -0.940. The average molecular weight is 200 g/mol. The minimum absolute atomic E-state index is 0.0149. The van der Waals surface area contributed by atoms with Gasteiger partial charge in [-0.3, -0.25) is 4.79 Å². The Labute approximate surface area is 80.6 Å². The molecule has 0 spiro atoms. The predicted octanol–water partition coefficient (Wildman–Crippen LogP) is 0.880. The van der Waals surface area contributed by atoms with Crippen molar-refractivity contribution in [2.45, 2.75) is 19.9 Å². The Morgan fingerprint density at radius 3 is 3.08 bits per heavy atom. The maximum absolute atomic E-state index is 10.2. The van der Waals surface area contributed by atoms with E-state index < -0.39 is 5.97 Å². The number of carboxylic acid groups (broad SMARTS) is 1. The average Bonchev–Trinajstić information content (AvgIpc) is 2.52. The maximum atomic E-state index is 10.2. The number of carbonyl (C=O) groups is 1. The summed E-state index contributed by atoms with van der Waals surface area (Å²) in [6, 6.07) is 0. The van der Waals surface area contributed by atoms with Gasteiger partial charge in [-0.25, -0.2) is 4.98 Å². The zero-order valence-electron chi connectivity index (χ0n) is 7.41. The molecule has 0 fully saturated rings. The molecule has 0 bridgehead atoms. The van der Waals surface area contributed by atoms with Crippen LogP contribution in [0, 0.1) is 0 Å². The molecule has 0 amide bonds. The van der Waals surface area contributed by atoms with E-state index in [1.54, 1.807) is 11.3 Å². The summed E-state index contributed by atoms with van der Waals surface area (Å²) in [5.74, 6) is -0.842. The number of nitrogens with zero attached hydrogens (tertiary/aromatic N) is 1. The number of aliphatic carboxylic acids is 1. The third-order valence-electron chi connectivity index (χ3n) is 1.48. The van der Waals surface area contributed by atoms with Crippen LogP contribution in [0.25, 0.3) is 0 Å². The van der Waals surface area contributed by atoms with E-state index in [0.29, 0.717) is 6.54 Å². The molecule has 2 N–H and O–H groups in total. The van der Waals surface area contributed by atoms with Crippen molar-refractivity contribution in [1.82, 2.24) is 10.3 Å². The summed E-state index contributed by atoms with van der Waals surface area (Å²) in [6.45, 7) is 2.56. The monoisotopic (exact) mass is 200 g/mol. The first-order chi connectivity index (χ1) is 6.22. The molecule has 1 aromatic rings. The van der Waals surface area contributed by atoms with Crippen molar-refractivity contribution in [3.63, 3.8) is 0 Å². The quantitative estimate of drug-likeness (QED) is 0.740. The van der Waals surface area contributed by atoms with Gasteiger partial charge in [0, 0.05) is 11.9 Å². The zero-order valence-corrected chi connectivity index (χ0v) is 8.23. The van der Waals surface area contributed by atoms with Crippen molar-refractivity contribution in [1.29, 1.82) is 0 Å². The standard InChI is InChI=1S/C8H12N2O2S/c1-2-7-10-6(5-13-7)3-9-4-8(11)12/h5,9H,2-4H2,1H3,(H,11,12). The van der Waals surface area contributed by atoms with Crippen LogP contribution in [-0.2, 0) is 17.8 Å². The Morgan fingerprint density at radius 1 is 1.77 bits per heavy atom. The molecule has 1 aromatic heterocycles. The minimum atomic E-state index is -0.842. The Morgan fingerprint density at radius 2 is 2.54 bits per heavy atom. The molecular formula is C8H12N2O2S. The lowest BCUT2D eigenvalue weighted by Gasteiger charge is -1.96. The largest absolute Gasteiger partial charge is 0.480 e. The van der Waals surface area contributed by atoms with Crippen LogP contribution in [0.2, 0.25) is 0 Å². The Kier molecular flexibility index (Phi) is 3.85. The summed E-state index contributed by atoms with van der Waals surface area (Å²) in [7, 11) is 0. The number of hydrogen-bond donors (Lipinski definition) is 2. The highest BCUT2D eigenvalue weighted by atomic mass is 32.1. The third-order valence-corrected chi connectivity index (χ3v) is 2.53. The number of rotatable bonds is 5. The molecule has 13 heavy (non-hydrogen) atoms. The van der Waals surface area contributed by atoms with E-state index in [4.69, 9.17) is 5.11 Å². The van der Waals surface area contributed by atoms with Gasteiger partial charge in [-0.05, 0) is 6.42 Å². The summed E-state index contributed by atoms with van der Waals surface area (Å²) in [6.07, 6.45) is 0.934. The van der Waals surface area contributed by atoms with Crippen molar-refractivity contribution >= 4 is 17.3 Å². The smallest absolute Gasteiger partial charge is 0.317 e. The lowest BCUT2D eigenvalue weighted by Crippen LogP contribution is -2.21. The van der Waals surface area contributed by atoms with Crippen LogP contribution in [0.15, 0.2) is 5.38 Å². The first-order valence-corrected chi connectivity index (χ1v) is 4.96. The molecule has 0 aliphatic heterocycles. The number of nitrogens with one attached hydrogen (secondary N) is 1. The van der Waals surface area contributed by atoms with Crippen molar-refractivity contribution in [2.24, 2.45) is 0 Å². The molecule has 0 aromatic carbocycles. The van der Waals surface area contributed by atoms with Crippen LogP contribution in [0.3, 0.4) is 0 Å². The van der Waals surface area contributed by atoms with Crippen LogP contribution in [0.4, 0.5) is 0 Å². The van der Waals surface area contributed by atoms with Crippen molar-refractivity contribution in [2.75, 3.05) is 6.54 Å². The van der Waals surface area contributed by atoms with Crippen LogP contribution in [0.1, 0.15) is 17.6 Å². The summed E-state index contributed by atoms with van der Waals surface area (Å²) >= 11 is 1.61. The molecule has 0 atom stereocenters. The summed E-state index contributed by atoms with van der Waals surface area (Å²) in [5, 5.41) is 14.2. The summed E-state index contributed by atoms with van der Waals surface area (Å²) in [5.41, 5.74) is 0.920. The van der Waals surface area contributed by atoms with Gasteiger partial charge in [-0.2, -0.15) is 0 Å². The van der Waals surface area contributed by atoms with Crippen LogP contribution < -0.4 is 5.32 Å². The zero-order chi connectivity index (χ0) is 9.68. The van der Waals surface area contributed by atoms with Gasteiger partial charge in [0.1, 0.15) is 0 Å². The van der Waals surface area contributed by atoms with Gasteiger partial charge in [0.25, 0.3) is 0 Å². The van der Waals surface area contributed by atoms with Gasteiger partial charge in [0.05, 0.1) is 17.2 Å². The first-order valence-electron chi connectivity index (χ1n) is 4.08. The molecule has 5 heteroatoms. The van der Waals surface area contributed by atoms with E-state index in [2.05, 4.69) is 10.3 Å². The summed E-state index contributed by atoms with van der Waals surface area (Å²) < 4.78 is 0. The van der Waals surface area contributed by atoms with Crippen molar-refractivity contribution in [3.05, 3.63) is 16.1 Å². The highest BCUT2D eigenvalue weighted by Gasteiger charge is 2.00. The van der Waals surface area contributed by atoms with E-state index >= 15 is 0 Å². The summed E-state index contributed by atoms with van der Waals surface area (Å²) in [4.78, 5) is 14.5. The molecule has 1 rings (SSSR count). The minimum Gasteiger partial charge on any atom is -0.480 e. The third kappa shape index (κ3) is 3.52. The van der Waals surface area contributed by atoms with E-state index in [1.807, 2.05) is 12.3 Å². The highest BCUT2D eigenvalue weighted by molar-refractivity contribution is 7.09.